The van der Waals surface area contributed by atoms with Crippen LogP contribution in [0.5, 0.6) is 0 Å². The van der Waals surface area contributed by atoms with Crippen LogP contribution in [0.25, 0.3) is 0 Å². The molecule has 1 aliphatic carbocycles. The molecule has 2 rings (SSSR count). The number of halogens is 3. The van der Waals surface area contributed by atoms with Crippen LogP contribution in [0.1, 0.15) is 32.6 Å². The van der Waals surface area contributed by atoms with Crippen LogP contribution in [0.4, 0.5) is 13.2 Å². The smallest absolute Gasteiger partial charge is 0.330 e. The lowest BCUT2D eigenvalue weighted by Gasteiger charge is -2.31. The van der Waals surface area contributed by atoms with Gasteiger partial charge in [0.25, 0.3) is 0 Å². The standard InChI is InChI=1S/C14H23F3N2OS/c1-10(11-2-3-11)19(9-14(15,16)17)13(20)8-21-12-4-6-18-7-5-12/h10-12,18H,2-9H2,1H3. The molecule has 1 atom stereocenters. The quantitative estimate of drug-likeness (QED) is 0.815. The predicted octanol–water partition coefficient (Wildman–Crippen LogP) is 2.66. The predicted molar refractivity (Wildman–Crippen MR) is 78.3 cm³/mol. The Morgan fingerprint density at radius 1 is 1.29 bits per heavy atom. The average molecular weight is 324 g/mol. The Hall–Kier alpha value is -0.430. The van der Waals surface area contributed by atoms with Gasteiger partial charge in [0, 0.05) is 11.3 Å². The molecule has 0 aromatic heterocycles. The molecule has 1 N–H and O–H groups in total. The molecule has 0 radical (unpaired) electrons. The number of nitrogens with zero attached hydrogens (tertiary/aromatic N) is 1. The summed E-state index contributed by atoms with van der Waals surface area (Å²) in [6.45, 7) is 2.49. The van der Waals surface area contributed by atoms with Crippen LogP contribution >= 0.6 is 11.8 Å². The summed E-state index contributed by atoms with van der Waals surface area (Å²) in [5, 5.41) is 3.63. The van der Waals surface area contributed by atoms with E-state index in [0.717, 1.165) is 43.7 Å². The highest BCUT2D eigenvalue weighted by atomic mass is 32.2. The van der Waals surface area contributed by atoms with Crippen molar-refractivity contribution in [1.29, 1.82) is 0 Å². The zero-order valence-electron chi connectivity index (χ0n) is 12.3. The van der Waals surface area contributed by atoms with Crippen molar-refractivity contribution >= 4 is 17.7 Å². The van der Waals surface area contributed by atoms with Crippen LogP contribution in [0.3, 0.4) is 0 Å². The van der Waals surface area contributed by atoms with Crippen molar-refractivity contribution in [3.63, 3.8) is 0 Å². The zero-order chi connectivity index (χ0) is 15.5. The van der Waals surface area contributed by atoms with Crippen molar-refractivity contribution in [3.05, 3.63) is 0 Å². The molecule has 0 spiro atoms. The molecule has 0 bridgehead atoms. The Balaban J connectivity index is 1.86. The lowest BCUT2D eigenvalue weighted by atomic mass is 10.2. The summed E-state index contributed by atoms with van der Waals surface area (Å²) in [6, 6.07) is -0.298. The fourth-order valence-corrected chi connectivity index (χ4v) is 3.83. The third kappa shape index (κ3) is 5.70. The minimum Gasteiger partial charge on any atom is -0.330 e. The fourth-order valence-electron chi connectivity index (χ4n) is 2.72. The van der Waals surface area contributed by atoms with Crippen LogP contribution in [-0.4, -0.2) is 53.7 Å². The maximum absolute atomic E-state index is 12.7. The van der Waals surface area contributed by atoms with Gasteiger partial charge in [0.1, 0.15) is 6.54 Å². The molecule has 3 nitrogen and oxygen atoms in total. The van der Waals surface area contributed by atoms with Gasteiger partial charge in [-0.3, -0.25) is 4.79 Å². The molecule has 7 heteroatoms. The first-order valence-electron chi connectivity index (χ1n) is 7.55. The van der Waals surface area contributed by atoms with Crippen LogP contribution in [-0.2, 0) is 4.79 Å². The van der Waals surface area contributed by atoms with E-state index in [1.54, 1.807) is 6.92 Å². The van der Waals surface area contributed by atoms with E-state index in [2.05, 4.69) is 5.32 Å². The van der Waals surface area contributed by atoms with Crippen molar-refractivity contribution in [2.45, 2.75) is 50.1 Å². The molecular weight excluding hydrogens is 301 g/mol. The second-order valence-corrected chi connectivity index (χ2v) is 7.26. The largest absolute Gasteiger partial charge is 0.406 e. The highest BCUT2D eigenvalue weighted by molar-refractivity contribution is 8.00. The minimum absolute atomic E-state index is 0.164. The van der Waals surface area contributed by atoms with Gasteiger partial charge in [0.15, 0.2) is 0 Å². The molecular formula is C14H23F3N2OS. The van der Waals surface area contributed by atoms with E-state index in [4.69, 9.17) is 0 Å². The van der Waals surface area contributed by atoms with Crippen LogP contribution < -0.4 is 5.32 Å². The summed E-state index contributed by atoms with van der Waals surface area (Å²) in [6.07, 6.45) is -0.489. The summed E-state index contributed by atoms with van der Waals surface area (Å²) in [5.74, 6) is 0.0492. The molecule has 0 aromatic carbocycles. The molecule has 0 aromatic rings. The highest BCUT2D eigenvalue weighted by Crippen LogP contribution is 2.36. The molecule has 2 aliphatic rings. The molecule has 2 fully saturated rings. The van der Waals surface area contributed by atoms with Gasteiger partial charge >= 0.3 is 6.18 Å². The third-order valence-electron chi connectivity index (χ3n) is 4.19. The molecule has 21 heavy (non-hydrogen) atoms. The van der Waals surface area contributed by atoms with E-state index in [9.17, 15) is 18.0 Å². The minimum atomic E-state index is -4.32. The number of piperidine rings is 1. The molecule has 1 heterocycles. The molecule has 1 aliphatic heterocycles. The van der Waals surface area contributed by atoms with Gasteiger partial charge in [-0.1, -0.05) is 0 Å². The van der Waals surface area contributed by atoms with E-state index in [1.807, 2.05) is 0 Å². The first-order chi connectivity index (χ1) is 9.87. The molecule has 1 unspecified atom stereocenters. The number of hydrogen-bond acceptors (Lipinski definition) is 3. The Labute approximate surface area is 128 Å². The number of rotatable bonds is 6. The summed E-state index contributed by atoms with van der Waals surface area (Å²) in [5.41, 5.74) is 0. The Bertz CT molecular complexity index is 355. The van der Waals surface area contributed by atoms with Gasteiger partial charge in [-0.05, 0) is 51.6 Å². The molecule has 122 valence electrons. The normalized spacial score (nSPS) is 22.1. The van der Waals surface area contributed by atoms with Crippen LogP contribution in [0.2, 0.25) is 0 Å². The van der Waals surface area contributed by atoms with Gasteiger partial charge in [-0.15, -0.1) is 11.8 Å². The van der Waals surface area contributed by atoms with Gasteiger partial charge in [-0.2, -0.15) is 13.2 Å². The van der Waals surface area contributed by atoms with E-state index >= 15 is 0 Å². The Morgan fingerprint density at radius 3 is 2.43 bits per heavy atom. The van der Waals surface area contributed by atoms with Crippen molar-refractivity contribution in [2.75, 3.05) is 25.4 Å². The summed E-state index contributed by atoms with van der Waals surface area (Å²) < 4.78 is 38.1. The number of alkyl halides is 3. The highest BCUT2D eigenvalue weighted by Gasteiger charge is 2.40. The zero-order valence-corrected chi connectivity index (χ0v) is 13.1. The van der Waals surface area contributed by atoms with E-state index in [0.29, 0.717) is 5.25 Å². The van der Waals surface area contributed by atoms with E-state index < -0.39 is 12.7 Å². The van der Waals surface area contributed by atoms with E-state index in [-0.39, 0.29) is 23.6 Å². The lowest BCUT2D eigenvalue weighted by Crippen LogP contribution is -2.46. The lowest BCUT2D eigenvalue weighted by molar-refractivity contribution is -0.164. The van der Waals surface area contributed by atoms with Crippen molar-refractivity contribution in [3.8, 4) is 0 Å². The molecule has 1 saturated carbocycles. The summed E-state index contributed by atoms with van der Waals surface area (Å²) >= 11 is 1.51. The van der Waals surface area contributed by atoms with Gasteiger partial charge in [0.05, 0.1) is 5.75 Å². The van der Waals surface area contributed by atoms with Crippen LogP contribution in [0, 0.1) is 5.92 Å². The van der Waals surface area contributed by atoms with Gasteiger partial charge in [0.2, 0.25) is 5.91 Å². The number of carbonyl (C=O) groups is 1. The first kappa shape index (κ1) is 16.9. The van der Waals surface area contributed by atoms with Crippen LogP contribution in [0.15, 0.2) is 0 Å². The van der Waals surface area contributed by atoms with Gasteiger partial charge < -0.3 is 10.2 Å². The fraction of sp³-hybridized carbons (Fsp3) is 0.929. The second kappa shape index (κ2) is 7.22. The maximum Gasteiger partial charge on any atom is 0.406 e. The van der Waals surface area contributed by atoms with Crippen molar-refractivity contribution < 1.29 is 18.0 Å². The average Bonchev–Trinajstić information content (AvgIpc) is 3.26. The monoisotopic (exact) mass is 324 g/mol. The number of thioether (sulfide) groups is 1. The molecule has 1 amide bonds. The van der Waals surface area contributed by atoms with Crippen molar-refractivity contribution in [1.82, 2.24) is 10.2 Å². The third-order valence-corrected chi connectivity index (χ3v) is 5.55. The van der Waals surface area contributed by atoms with Gasteiger partial charge in [-0.25, -0.2) is 0 Å². The summed E-state index contributed by atoms with van der Waals surface area (Å²) in [4.78, 5) is 13.3. The number of nitrogens with one attached hydrogen (secondary N) is 1. The number of carbonyl (C=O) groups excluding carboxylic acids is 1. The Morgan fingerprint density at radius 2 is 1.90 bits per heavy atom. The summed E-state index contributed by atoms with van der Waals surface area (Å²) in [7, 11) is 0. The second-order valence-electron chi connectivity index (χ2n) is 5.98. The topological polar surface area (TPSA) is 32.3 Å². The Kier molecular flexibility index (Phi) is 5.82. The maximum atomic E-state index is 12.7. The SMILES string of the molecule is CC(C1CC1)N(CC(F)(F)F)C(=O)CSC1CCNCC1. The number of amides is 1. The number of hydrogen-bond donors (Lipinski definition) is 1. The first-order valence-corrected chi connectivity index (χ1v) is 8.60. The van der Waals surface area contributed by atoms with E-state index in [1.165, 1.54) is 11.8 Å². The molecule has 1 saturated heterocycles. The van der Waals surface area contributed by atoms with Crippen molar-refractivity contribution in [2.24, 2.45) is 5.92 Å².